The number of hydrogen-bond acceptors (Lipinski definition) is 5. The van der Waals surface area contributed by atoms with Crippen molar-refractivity contribution in [3.8, 4) is 22.8 Å². The van der Waals surface area contributed by atoms with E-state index in [2.05, 4.69) is 47.3 Å². The van der Waals surface area contributed by atoms with Crippen molar-refractivity contribution in [2.75, 3.05) is 20.1 Å². The number of nitrogens with zero attached hydrogens (tertiary/aromatic N) is 3. The molecule has 0 atom stereocenters. The zero-order chi connectivity index (χ0) is 23.0. The van der Waals surface area contributed by atoms with Gasteiger partial charge in [-0.25, -0.2) is 0 Å². The van der Waals surface area contributed by atoms with E-state index in [1.165, 1.54) is 0 Å². The van der Waals surface area contributed by atoms with Gasteiger partial charge in [0, 0.05) is 29.7 Å². The van der Waals surface area contributed by atoms with Crippen molar-refractivity contribution in [3.63, 3.8) is 0 Å². The second kappa shape index (κ2) is 11.5. The first kappa shape index (κ1) is 23.5. The molecule has 2 heterocycles. The van der Waals surface area contributed by atoms with Gasteiger partial charge in [-0.1, -0.05) is 49.2 Å². The number of hydrogen-bond donors (Lipinski definition) is 0. The Hall–Kier alpha value is -2.63. The molecule has 4 rings (SSSR count). The van der Waals surface area contributed by atoms with Gasteiger partial charge in [-0.3, -0.25) is 0 Å². The van der Waals surface area contributed by atoms with E-state index >= 15 is 0 Å². The van der Waals surface area contributed by atoms with Crippen molar-refractivity contribution >= 4 is 11.6 Å². The quantitative estimate of drug-likeness (QED) is 0.377. The molecule has 1 aliphatic rings. The summed E-state index contributed by atoms with van der Waals surface area (Å²) in [6.07, 6.45) is 5.34. The second-order valence-corrected chi connectivity index (χ2v) is 9.14. The third kappa shape index (κ3) is 6.68. The summed E-state index contributed by atoms with van der Waals surface area (Å²) in [7, 11) is 2.15. The highest BCUT2D eigenvalue weighted by atomic mass is 35.5. The molecule has 0 spiro atoms. The van der Waals surface area contributed by atoms with Crippen molar-refractivity contribution < 1.29 is 9.47 Å². The van der Waals surface area contributed by atoms with E-state index in [1.54, 1.807) is 0 Å². The predicted molar refractivity (Wildman–Crippen MR) is 133 cm³/mol. The maximum atomic E-state index is 6.21. The highest BCUT2D eigenvalue weighted by Crippen LogP contribution is 2.29. The van der Waals surface area contributed by atoms with Crippen molar-refractivity contribution in [1.29, 1.82) is 0 Å². The van der Waals surface area contributed by atoms with Crippen molar-refractivity contribution in [2.24, 2.45) is 0 Å². The predicted octanol–water partition coefficient (Wildman–Crippen LogP) is 6.19. The topological polar surface area (TPSA) is 47.5 Å². The average Bonchev–Trinajstić information content (AvgIpc) is 2.84. The van der Waals surface area contributed by atoms with Crippen LogP contribution in [-0.4, -0.2) is 41.3 Å². The number of rotatable bonds is 9. The highest BCUT2D eigenvalue weighted by molar-refractivity contribution is 6.30. The van der Waals surface area contributed by atoms with Crippen LogP contribution in [0.4, 0.5) is 0 Å². The molecule has 5 nitrogen and oxygen atoms in total. The zero-order valence-electron chi connectivity index (χ0n) is 19.5. The van der Waals surface area contributed by atoms with E-state index in [0.717, 1.165) is 78.4 Å². The van der Waals surface area contributed by atoms with Gasteiger partial charge in [-0.05, 0) is 68.1 Å². The number of ether oxygens (including phenoxy) is 2. The Labute approximate surface area is 201 Å². The Morgan fingerprint density at radius 3 is 2.42 bits per heavy atom. The fraction of sp³-hybridized carbons (Fsp3) is 0.407. The number of unbranched alkanes of at least 4 members (excludes halogenated alkanes) is 1. The van der Waals surface area contributed by atoms with Gasteiger partial charge in [0.1, 0.15) is 18.5 Å². The summed E-state index contributed by atoms with van der Waals surface area (Å²) in [6, 6.07) is 18.0. The molecule has 1 saturated heterocycles. The molecule has 1 aliphatic heterocycles. The van der Waals surface area contributed by atoms with Crippen LogP contribution < -0.4 is 9.47 Å². The Balaban J connectivity index is 1.48. The van der Waals surface area contributed by atoms with Gasteiger partial charge in [-0.2, -0.15) is 5.10 Å². The van der Waals surface area contributed by atoms with E-state index in [-0.39, 0.29) is 6.10 Å². The van der Waals surface area contributed by atoms with Crippen LogP contribution in [0.3, 0.4) is 0 Å². The third-order valence-electron chi connectivity index (χ3n) is 6.05. The third-order valence-corrected chi connectivity index (χ3v) is 6.30. The maximum Gasteiger partial charge on any atom is 0.234 e. The largest absolute Gasteiger partial charge is 0.489 e. The number of benzene rings is 2. The van der Waals surface area contributed by atoms with E-state index < -0.39 is 0 Å². The molecule has 3 aromatic rings. The van der Waals surface area contributed by atoms with Gasteiger partial charge in [0.05, 0.1) is 5.69 Å². The summed E-state index contributed by atoms with van der Waals surface area (Å²) >= 11 is 5.96. The summed E-state index contributed by atoms with van der Waals surface area (Å²) in [4.78, 5) is 2.33. The average molecular weight is 466 g/mol. The standard InChI is InChI=1S/C27H32ClN3O2/c1-3-4-5-26-25(18-27(30-29-26)33-24-14-16-31(2)17-15-24)21-8-12-23(13-9-21)32-19-20-6-10-22(28)11-7-20/h6-13,18,24H,3-5,14-17,19H2,1-2H3. The first-order valence-electron chi connectivity index (χ1n) is 11.8. The van der Waals surface area contributed by atoms with Crippen LogP contribution in [0.25, 0.3) is 11.1 Å². The molecule has 0 radical (unpaired) electrons. The lowest BCUT2D eigenvalue weighted by Crippen LogP contribution is -2.35. The number of aromatic nitrogens is 2. The van der Waals surface area contributed by atoms with Crippen LogP contribution in [-0.2, 0) is 13.0 Å². The molecule has 2 aromatic carbocycles. The molecule has 174 valence electrons. The van der Waals surface area contributed by atoms with Gasteiger partial charge in [0.25, 0.3) is 0 Å². The summed E-state index contributed by atoms with van der Waals surface area (Å²) in [6.45, 7) is 4.80. The summed E-state index contributed by atoms with van der Waals surface area (Å²) in [5, 5.41) is 9.68. The number of aryl methyl sites for hydroxylation is 1. The molecule has 0 unspecified atom stereocenters. The van der Waals surface area contributed by atoms with Gasteiger partial charge < -0.3 is 14.4 Å². The van der Waals surface area contributed by atoms with Crippen molar-refractivity contribution in [2.45, 2.75) is 51.7 Å². The first-order chi connectivity index (χ1) is 16.1. The van der Waals surface area contributed by atoms with Crippen LogP contribution in [0.15, 0.2) is 54.6 Å². The van der Waals surface area contributed by atoms with Crippen LogP contribution in [0, 0.1) is 0 Å². The monoisotopic (exact) mass is 465 g/mol. The molecule has 1 fully saturated rings. The SMILES string of the molecule is CCCCc1nnc(OC2CCN(C)CC2)cc1-c1ccc(OCc2ccc(Cl)cc2)cc1. The number of piperidine rings is 1. The Kier molecular flexibility index (Phi) is 8.19. The Morgan fingerprint density at radius 1 is 1.00 bits per heavy atom. The summed E-state index contributed by atoms with van der Waals surface area (Å²) in [5.41, 5.74) is 4.29. The number of likely N-dealkylation sites (tertiary alicyclic amines) is 1. The first-order valence-corrected chi connectivity index (χ1v) is 12.2. The summed E-state index contributed by atoms with van der Waals surface area (Å²) in [5.74, 6) is 1.44. The van der Waals surface area contributed by atoms with Crippen LogP contribution in [0.1, 0.15) is 43.9 Å². The fourth-order valence-corrected chi connectivity index (χ4v) is 4.11. The minimum atomic E-state index is 0.202. The second-order valence-electron chi connectivity index (χ2n) is 8.71. The van der Waals surface area contributed by atoms with Gasteiger partial charge >= 0.3 is 0 Å². The molecular weight excluding hydrogens is 434 g/mol. The molecule has 0 amide bonds. The molecule has 33 heavy (non-hydrogen) atoms. The van der Waals surface area contributed by atoms with Crippen LogP contribution >= 0.6 is 11.6 Å². The molecule has 0 saturated carbocycles. The van der Waals surface area contributed by atoms with E-state index in [4.69, 9.17) is 21.1 Å². The highest BCUT2D eigenvalue weighted by Gasteiger charge is 2.19. The van der Waals surface area contributed by atoms with Crippen LogP contribution in [0.2, 0.25) is 5.02 Å². The minimum absolute atomic E-state index is 0.202. The normalized spacial score (nSPS) is 14.9. The van der Waals surface area contributed by atoms with E-state index in [1.807, 2.05) is 36.4 Å². The fourth-order valence-electron chi connectivity index (χ4n) is 3.99. The van der Waals surface area contributed by atoms with Gasteiger partial charge in [0.2, 0.25) is 5.88 Å². The lowest BCUT2D eigenvalue weighted by Gasteiger charge is -2.28. The Bertz CT molecular complexity index is 1020. The van der Waals surface area contributed by atoms with Crippen LogP contribution in [0.5, 0.6) is 11.6 Å². The van der Waals surface area contributed by atoms with Gasteiger partial charge in [-0.15, -0.1) is 5.10 Å². The van der Waals surface area contributed by atoms with Crippen molar-refractivity contribution in [1.82, 2.24) is 15.1 Å². The number of halogens is 1. The van der Waals surface area contributed by atoms with E-state index in [0.29, 0.717) is 12.5 Å². The zero-order valence-corrected chi connectivity index (χ0v) is 20.2. The minimum Gasteiger partial charge on any atom is -0.489 e. The molecule has 6 heteroatoms. The molecular formula is C27H32ClN3O2. The Morgan fingerprint density at radius 2 is 1.73 bits per heavy atom. The maximum absolute atomic E-state index is 6.21. The summed E-state index contributed by atoms with van der Waals surface area (Å²) < 4.78 is 12.2. The molecule has 1 aromatic heterocycles. The lowest BCUT2D eigenvalue weighted by molar-refractivity contribution is 0.109. The lowest BCUT2D eigenvalue weighted by atomic mass is 10.0. The molecule has 0 N–H and O–H groups in total. The van der Waals surface area contributed by atoms with E-state index in [9.17, 15) is 0 Å². The molecule has 0 aliphatic carbocycles. The molecule has 0 bridgehead atoms. The smallest absolute Gasteiger partial charge is 0.234 e. The van der Waals surface area contributed by atoms with Gasteiger partial charge in [0.15, 0.2) is 0 Å². The van der Waals surface area contributed by atoms with Crippen molar-refractivity contribution in [3.05, 3.63) is 70.9 Å².